The molecular formula is C13H25N3O4. The van der Waals surface area contributed by atoms with Crippen molar-refractivity contribution < 1.29 is 19.8 Å². The Hall–Kier alpha value is -1.34. The predicted octanol–water partition coefficient (Wildman–Crippen LogP) is -0.0539. The average molecular weight is 287 g/mol. The lowest BCUT2D eigenvalue weighted by atomic mass is 10.1. The summed E-state index contributed by atoms with van der Waals surface area (Å²) in [6.07, 6.45) is 0.531. The third-order valence-electron chi connectivity index (χ3n) is 3.66. The zero-order valence-corrected chi connectivity index (χ0v) is 12.4. The normalized spacial score (nSPS) is 23.8. The number of aliphatic carboxylic acids is 1. The van der Waals surface area contributed by atoms with Gasteiger partial charge in [-0.1, -0.05) is 6.92 Å². The summed E-state index contributed by atoms with van der Waals surface area (Å²) in [6, 6.07) is -1.63. The predicted molar refractivity (Wildman–Crippen MR) is 74.5 cm³/mol. The molecular weight excluding hydrogens is 262 g/mol. The van der Waals surface area contributed by atoms with Crippen LogP contribution in [0.2, 0.25) is 0 Å². The van der Waals surface area contributed by atoms with Crippen molar-refractivity contribution in [1.29, 1.82) is 0 Å². The quantitative estimate of drug-likeness (QED) is 0.674. The number of nitrogens with zero attached hydrogens (tertiary/aromatic N) is 2. The molecule has 3 atom stereocenters. The largest absolute Gasteiger partial charge is 0.480 e. The first-order valence-corrected chi connectivity index (χ1v) is 7.03. The number of aliphatic hydroxyl groups is 1. The molecule has 2 amide bonds. The van der Waals surface area contributed by atoms with Crippen LogP contribution in [0.1, 0.15) is 26.7 Å². The van der Waals surface area contributed by atoms with Crippen LogP contribution in [0, 0.1) is 0 Å². The third-order valence-corrected chi connectivity index (χ3v) is 3.66. The summed E-state index contributed by atoms with van der Waals surface area (Å²) in [5.74, 6) is -1.23. The first kappa shape index (κ1) is 16.7. The van der Waals surface area contributed by atoms with E-state index >= 15 is 0 Å². The van der Waals surface area contributed by atoms with Crippen LogP contribution >= 0.6 is 0 Å². The fourth-order valence-electron chi connectivity index (χ4n) is 2.46. The minimum atomic E-state index is -1.28. The van der Waals surface area contributed by atoms with Gasteiger partial charge in [0.25, 0.3) is 0 Å². The van der Waals surface area contributed by atoms with E-state index in [0.717, 1.165) is 25.9 Å². The molecule has 1 rings (SSSR count). The topological polar surface area (TPSA) is 93.1 Å². The van der Waals surface area contributed by atoms with Crippen LogP contribution in [0.5, 0.6) is 0 Å². The second-order valence-electron chi connectivity index (χ2n) is 5.38. The molecule has 3 N–H and O–H groups in total. The van der Waals surface area contributed by atoms with Gasteiger partial charge in [-0.15, -0.1) is 0 Å². The zero-order chi connectivity index (χ0) is 15.3. The lowest BCUT2D eigenvalue weighted by Crippen LogP contribution is -2.55. The van der Waals surface area contributed by atoms with Crippen molar-refractivity contribution in [2.75, 3.05) is 26.7 Å². The van der Waals surface area contributed by atoms with Crippen LogP contribution in [-0.2, 0) is 4.79 Å². The third kappa shape index (κ3) is 4.35. The van der Waals surface area contributed by atoms with Crippen LogP contribution in [0.25, 0.3) is 0 Å². The van der Waals surface area contributed by atoms with Gasteiger partial charge in [0.05, 0.1) is 6.10 Å². The van der Waals surface area contributed by atoms with Gasteiger partial charge in [0.2, 0.25) is 0 Å². The molecule has 0 spiro atoms. The maximum atomic E-state index is 12.3. The molecule has 1 heterocycles. The van der Waals surface area contributed by atoms with Gasteiger partial charge in [-0.05, 0) is 33.4 Å². The Morgan fingerprint density at radius 3 is 2.55 bits per heavy atom. The molecule has 0 aliphatic carbocycles. The van der Waals surface area contributed by atoms with E-state index in [9.17, 15) is 14.7 Å². The summed E-state index contributed by atoms with van der Waals surface area (Å²) in [7, 11) is 2.01. The highest BCUT2D eigenvalue weighted by atomic mass is 16.4. The van der Waals surface area contributed by atoms with Gasteiger partial charge in [0.1, 0.15) is 0 Å². The van der Waals surface area contributed by atoms with Crippen LogP contribution in [0.3, 0.4) is 0 Å². The van der Waals surface area contributed by atoms with E-state index in [1.54, 1.807) is 4.90 Å². The highest BCUT2D eigenvalue weighted by molar-refractivity contribution is 5.83. The second-order valence-corrected chi connectivity index (χ2v) is 5.38. The van der Waals surface area contributed by atoms with E-state index in [4.69, 9.17) is 5.11 Å². The van der Waals surface area contributed by atoms with E-state index in [2.05, 4.69) is 10.2 Å². The highest BCUT2D eigenvalue weighted by Crippen LogP contribution is 2.12. The van der Waals surface area contributed by atoms with Gasteiger partial charge in [0.15, 0.2) is 6.04 Å². The molecule has 1 fully saturated rings. The molecule has 1 aliphatic rings. The molecule has 0 bridgehead atoms. The molecule has 1 aliphatic heterocycles. The maximum absolute atomic E-state index is 12.3. The Bertz CT molecular complexity index is 349. The molecule has 0 aromatic carbocycles. The lowest BCUT2D eigenvalue weighted by Gasteiger charge is -2.31. The van der Waals surface area contributed by atoms with Gasteiger partial charge in [-0.25, -0.2) is 9.59 Å². The number of hydrogen-bond donors (Lipinski definition) is 3. The Kier molecular flexibility index (Phi) is 6.22. The molecule has 1 saturated heterocycles. The number of urea groups is 1. The first-order valence-electron chi connectivity index (χ1n) is 7.03. The summed E-state index contributed by atoms with van der Waals surface area (Å²) in [5, 5.41) is 20.8. The summed E-state index contributed by atoms with van der Waals surface area (Å²) in [5.41, 5.74) is 0. The molecule has 7 nitrogen and oxygen atoms in total. The van der Waals surface area contributed by atoms with Crippen molar-refractivity contribution >= 4 is 12.0 Å². The van der Waals surface area contributed by atoms with Crippen molar-refractivity contribution in [2.24, 2.45) is 0 Å². The number of hydrogen-bond acceptors (Lipinski definition) is 4. The van der Waals surface area contributed by atoms with Crippen molar-refractivity contribution in [1.82, 2.24) is 15.1 Å². The van der Waals surface area contributed by atoms with E-state index in [1.807, 2.05) is 14.0 Å². The van der Waals surface area contributed by atoms with Crippen LogP contribution in [0.4, 0.5) is 4.79 Å². The van der Waals surface area contributed by atoms with Gasteiger partial charge >= 0.3 is 12.0 Å². The number of carbonyl (C=O) groups excluding carboxylic acids is 1. The molecule has 0 radical (unpaired) electrons. The van der Waals surface area contributed by atoms with Crippen LogP contribution in [-0.4, -0.2) is 76.9 Å². The average Bonchev–Trinajstić information content (AvgIpc) is 2.56. The Morgan fingerprint density at radius 2 is 2.05 bits per heavy atom. The number of carbonyl (C=O) groups is 2. The van der Waals surface area contributed by atoms with E-state index in [-0.39, 0.29) is 6.04 Å². The van der Waals surface area contributed by atoms with Crippen molar-refractivity contribution in [3.8, 4) is 0 Å². The molecule has 20 heavy (non-hydrogen) atoms. The van der Waals surface area contributed by atoms with Crippen LogP contribution in [0.15, 0.2) is 0 Å². The Labute approximate surface area is 119 Å². The fraction of sp³-hybridized carbons (Fsp3) is 0.846. The maximum Gasteiger partial charge on any atom is 0.328 e. The number of likely N-dealkylation sites (N-methyl/N-ethyl adjacent to an activating group) is 1. The van der Waals surface area contributed by atoms with Crippen molar-refractivity contribution in [2.45, 2.75) is 44.9 Å². The van der Waals surface area contributed by atoms with E-state index in [1.165, 1.54) is 6.92 Å². The second kappa shape index (κ2) is 7.44. The fourth-order valence-corrected chi connectivity index (χ4v) is 2.46. The SMILES string of the molecule is CCC1CN(C)CCCN1C(=O)NC(C(=O)O)C(C)O. The number of carboxylic acids is 1. The van der Waals surface area contributed by atoms with E-state index in [0.29, 0.717) is 6.54 Å². The highest BCUT2D eigenvalue weighted by Gasteiger charge is 2.31. The van der Waals surface area contributed by atoms with Gasteiger partial charge < -0.3 is 25.3 Å². The zero-order valence-electron chi connectivity index (χ0n) is 12.4. The van der Waals surface area contributed by atoms with Crippen molar-refractivity contribution in [3.05, 3.63) is 0 Å². The molecule has 116 valence electrons. The first-order chi connectivity index (χ1) is 9.36. The summed E-state index contributed by atoms with van der Waals surface area (Å²) in [6.45, 7) is 5.65. The molecule has 0 aromatic rings. The molecule has 3 unspecified atom stereocenters. The lowest BCUT2D eigenvalue weighted by molar-refractivity contribution is -0.141. The summed E-state index contributed by atoms with van der Waals surface area (Å²) >= 11 is 0. The van der Waals surface area contributed by atoms with Crippen molar-refractivity contribution in [3.63, 3.8) is 0 Å². The molecule has 0 aromatic heterocycles. The van der Waals surface area contributed by atoms with Gasteiger partial charge in [-0.2, -0.15) is 0 Å². The van der Waals surface area contributed by atoms with Gasteiger partial charge in [-0.3, -0.25) is 0 Å². The minimum Gasteiger partial charge on any atom is -0.480 e. The summed E-state index contributed by atoms with van der Waals surface area (Å²) < 4.78 is 0. The standard InChI is InChI=1S/C13H25N3O4/c1-4-10-8-15(3)6-5-7-16(10)13(20)14-11(9(2)17)12(18)19/h9-11,17H,4-8H2,1-3H3,(H,14,20)(H,18,19). The Balaban J connectivity index is 2.75. The number of carboxylic acid groups (broad SMARTS) is 1. The summed E-state index contributed by atoms with van der Waals surface area (Å²) in [4.78, 5) is 27.2. The minimum absolute atomic E-state index is 0.0611. The monoisotopic (exact) mass is 287 g/mol. The molecule has 7 heteroatoms. The van der Waals surface area contributed by atoms with Crippen LogP contribution < -0.4 is 5.32 Å². The van der Waals surface area contributed by atoms with E-state index < -0.39 is 24.1 Å². The number of rotatable bonds is 4. The number of nitrogens with one attached hydrogen (secondary N) is 1. The smallest absolute Gasteiger partial charge is 0.328 e. The number of amides is 2. The number of aliphatic hydroxyl groups excluding tert-OH is 1. The van der Waals surface area contributed by atoms with Gasteiger partial charge in [0, 0.05) is 19.1 Å². The molecule has 0 saturated carbocycles. The Morgan fingerprint density at radius 1 is 1.40 bits per heavy atom.